The van der Waals surface area contributed by atoms with Gasteiger partial charge in [-0.3, -0.25) is 4.79 Å². The van der Waals surface area contributed by atoms with Crippen molar-refractivity contribution in [3.63, 3.8) is 0 Å². The zero-order chi connectivity index (χ0) is 29.4. The van der Waals surface area contributed by atoms with E-state index in [-0.39, 0.29) is 43.7 Å². The summed E-state index contributed by atoms with van der Waals surface area (Å²) in [6.07, 6.45) is -3.93. The summed E-state index contributed by atoms with van der Waals surface area (Å²) in [5, 5.41) is 22.5. The van der Waals surface area contributed by atoms with E-state index in [1.54, 1.807) is 12.1 Å². The molecule has 0 fully saturated rings. The highest BCUT2D eigenvalue weighted by molar-refractivity contribution is 7.89. The Morgan fingerprint density at radius 3 is 2.23 bits per heavy atom. The second kappa shape index (κ2) is 13.7. The number of halogens is 4. The van der Waals surface area contributed by atoms with Gasteiger partial charge in [-0.1, -0.05) is 12.1 Å². The number of aliphatic hydroxyl groups is 1. The van der Waals surface area contributed by atoms with E-state index < -0.39 is 44.3 Å². The molecule has 2 rings (SSSR count). The summed E-state index contributed by atoms with van der Waals surface area (Å²) in [6, 6.07) is 8.72. The summed E-state index contributed by atoms with van der Waals surface area (Å²) < 4.78 is 80.4. The van der Waals surface area contributed by atoms with Crippen molar-refractivity contribution in [3.05, 3.63) is 65.0 Å². The number of sulfonamides is 1. The number of nitrogens with one attached hydrogen (secondary N) is 1. The molecule has 39 heavy (non-hydrogen) atoms. The van der Waals surface area contributed by atoms with E-state index in [4.69, 9.17) is 5.11 Å². The molecule has 0 spiro atoms. The molecule has 0 saturated heterocycles. The second-order valence-electron chi connectivity index (χ2n) is 10.3. The molecule has 0 unspecified atom stereocenters. The summed E-state index contributed by atoms with van der Waals surface area (Å²) in [5.41, 5.74) is -0.488. The fourth-order valence-electron chi connectivity index (χ4n) is 4.07. The van der Waals surface area contributed by atoms with Gasteiger partial charge in [0, 0.05) is 32.1 Å². The Labute approximate surface area is 226 Å². The third kappa shape index (κ3) is 10.9. The van der Waals surface area contributed by atoms with Gasteiger partial charge in [0.05, 0.1) is 16.6 Å². The van der Waals surface area contributed by atoms with E-state index in [1.165, 1.54) is 19.2 Å². The lowest BCUT2D eigenvalue weighted by molar-refractivity contribution is -0.138. The molecule has 0 radical (unpaired) electrons. The number of aliphatic carboxylic acids is 1. The van der Waals surface area contributed by atoms with Crippen LogP contribution < -0.4 is 5.32 Å². The number of hydrogen-bond acceptors (Lipinski definition) is 5. The van der Waals surface area contributed by atoms with Gasteiger partial charge >= 0.3 is 12.1 Å². The van der Waals surface area contributed by atoms with Gasteiger partial charge in [0.1, 0.15) is 5.82 Å². The van der Waals surface area contributed by atoms with Crippen molar-refractivity contribution in [2.45, 2.75) is 75.1 Å². The van der Waals surface area contributed by atoms with Gasteiger partial charge < -0.3 is 15.5 Å². The maximum Gasteiger partial charge on any atom is 0.416 e. The monoisotopic (exact) mass is 576 g/mol. The van der Waals surface area contributed by atoms with E-state index in [1.807, 2.05) is 13.8 Å². The maximum atomic E-state index is 13.4. The number of likely N-dealkylation sites (N-methyl/N-ethyl adjacent to an activating group) is 1. The number of carboxylic acid groups (broad SMARTS) is 1. The molecular weight excluding hydrogens is 540 g/mol. The largest absolute Gasteiger partial charge is 0.481 e. The lowest BCUT2D eigenvalue weighted by atomic mass is 9.95. The van der Waals surface area contributed by atoms with Crippen molar-refractivity contribution in [2.24, 2.45) is 0 Å². The Hall–Kier alpha value is -2.54. The predicted molar refractivity (Wildman–Crippen MR) is 139 cm³/mol. The van der Waals surface area contributed by atoms with E-state index >= 15 is 0 Å². The molecule has 7 nitrogen and oxygen atoms in total. The lowest BCUT2D eigenvalue weighted by Gasteiger charge is -2.29. The summed E-state index contributed by atoms with van der Waals surface area (Å²) in [4.78, 5) is 10.2. The van der Waals surface area contributed by atoms with Crippen LogP contribution in [0.15, 0.2) is 47.4 Å². The highest BCUT2D eigenvalue weighted by Crippen LogP contribution is 2.33. The minimum Gasteiger partial charge on any atom is -0.481 e. The molecule has 0 heterocycles. The Bertz CT molecular complexity index is 1200. The van der Waals surface area contributed by atoms with Crippen LogP contribution in [0.2, 0.25) is 0 Å². The minimum absolute atomic E-state index is 0.0365. The number of benzene rings is 2. The molecule has 0 aliphatic rings. The molecular formula is C27H36F4N2O5S. The first kappa shape index (κ1) is 32.7. The summed E-state index contributed by atoms with van der Waals surface area (Å²) in [6.45, 7) is 3.55. The van der Waals surface area contributed by atoms with Crippen molar-refractivity contribution in [2.75, 3.05) is 20.1 Å². The van der Waals surface area contributed by atoms with Crippen LogP contribution in [0.1, 0.15) is 56.2 Å². The SMILES string of the molecule is CN(C[C@@H](O)CNC(C)(C)CCCc1ccc(F)cc1)S(=O)(=O)c1cc(CCCC(=O)O)cc(C(F)(F)F)c1. The molecule has 12 heteroatoms. The number of carbonyl (C=O) groups is 1. The maximum absolute atomic E-state index is 13.4. The van der Waals surface area contributed by atoms with Crippen LogP contribution in [0.4, 0.5) is 17.6 Å². The molecule has 1 atom stereocenters. The number of carboxylic acids is 1. The van der Waals surface area contributed by atoms with Crippen LogP contribution in [-0.4, -0.2) is 60.7 Å². The number of alkyl halides is 3. The second-order valence-corrected chi connectivity index (χ2v) is 12.3. The average molecular weight is 577 g/mol. The van der Waals surface area contributed by atoms with Crippen molar-refractivity contribution < 1.29 is 41.0 Å². The first-order chi connectivity index (χ1) is 18.0. The Kier molecular flexibility index (Phi) is 11.5. The van der Waals surface area contributed by atoms with E-state index in [2.05, 4.69) is 5.32 Å². The first-order valence-corrected chi connectivity index (χ1v) is 14.0. The third-order valence-electron chi connectivity index (χ3n) is 6.32. The van der Waals surface area contributed by atoms with Crippen molar-refractivity contribution in [1.29, 1.82) is 0 Å². The molecule has 218 valence electrons. The van der Waals surface area contributed by atoms with Gasteiger partial charge in [-0.25, -0.2) is 12.8 Å². The molecule has 3 N–H and O–H groups in total. The smallest absolute Gasteiger partial charge is 0.416 e. The van der Waals surface area contributed by atoms with Gasteiger partial charge in [-0.2, -0.15) is 17.5 Å². The molecule has 0 aromatic heterocycles. The molecule has 0 aliphatic heterocycles. The molecule has 0 saturated carbocycles. The van der Waals surface area contributed by atoms with Crippen LogP contribution in [0.3, 0.4) is 0 Å². The average Bonchev–Trinajstić information content (AvgIpc) is 2.83. The fourth-order valence-corrected chi connectivity index (χ4v) is 5.37. The number of aliphatic hydroxyl groups excluding tert-OH is 1. The number of rotatable bonds is 15. The van der Waals surface area contributed by atoms with Gasteiger partial charge in [-0.15, -0.1) is 0 Å². The van der Waals surface area contributed by atoms with Crippen molar-refractivity contribution in [3.8, 4) is 0 Å². The van der Waals surface area contributed by atoms with E-state index in [0.717, 1.165) is 41.3 Å². The topological polar surface area (TPSA) is 107 Å². The number of nitrogens with zero attached hydrogens (tertiary/aromatic N) is 1. The summed E-state index contributed by atoms with van der Waals surface area (Å²) >= 11 is 0. The Balaban J connectivity index is 2.00. The fraction of sp³-hybridized carbons (Fsp3) is 0.519. The first-order valence-electron chi connectivity index (χ1n) is 12.6. The standard InChI is InChI=1S/C27H36F4N2O5S/c1-26(2,13-5-7-19-9-11-22(28)12-10-19)32-17-23(34)18-33(3)39(37,38)24-15-20(6-4-8-25(35)36)14-21(16-24)27(29,30)31/h9-12,14-16,23,32,34H,4-8,13,17-18H2,1-3H3,(H,35,36)/t23-/m0/s1. The van der Waals surface area contributed by atoms with Crippen LogP contribution >= 0.6 is 0 Å². The van der Waals surface area contributed by atoms with Gasteiger partial charge in [0.25, 0.3) is 0 Å². The lowest BCUT2D eigenvalue weighted by Crippen LogP contribution is -2.46. The summed E-state index contributed by atoms with van der Waals surface area (Å²) in [5.74, 6) is -1.40. The van der Waals surface area contributed by atoms with Gasteiger partial charge in [0.15, 0.2) is 0 Å². The summed E-state index contributed by atoms with van der Waals surface area (Å²) in [7, 11) is -3.20. The van der Waals surface area contributed by atoms with Crippen molar-refractivity contribution in [1.82, 2.24) is 9.62 Å². The van der Waals surface area contributed by atoms with Gasteiger partial charge in [0.2, 0.25) is 10.0 Å². The zero-order valence-corrected chi connectivity index (χ0v) is 23.1. The van der Waals surface area contributed by atoms with Crippen LogP contribution in [0, 0.1) is 5.82 Å². The quantitative estimate of drug-likeness (QED) is 0.267. The molecule has 2 aromatic carbocycles. The van der Waals surface area contributed by atoms with E-state index in [0.29, 0.717) is 6.07 Å². The molecule has 0 bridgehead atoms. The number of β-amino-alcohol motifs (C(OH)–C–C–N with tert-alkyl or cyclic N) is 1. The zero-order valence-electron chi connectivity index (χ0n) is 22.3. The minimum atomic E-state index is -4.79. The van der Waals surface area contributed by atoms with E-state index in [9.17, 15) is 35.9 Å². The van der Waals surface area contributed by atoms with Crippen molar-refractivity contribution >= 4 is 16.0 Å². The van der Waals surface area contributed by atoms with Gasteiger partial charge in [-0.05, 0) is 87.4 Å². The normalized spacial score (nSPS) is 13.6. The Morgan fingerprint density at radius 1 is 1.03 bits per heavy atom. The molecule has 2 aromatic rings. The van der Waals surface area contributed by atoms with Crippen LogP contribution in [0.5, 0.6) is 0 Å². The third-order valence-corrected chi connectivity index (χ3v) is 8.12. The Morgan fingerprint density at radius 2 is 1.64 bits per heavy atom. The van der Waals surface area contributed by atoms with Crippen LogP contribution in [-0.2, 0) is 33.8 Å². The number of hydrogen-bond donors (Lipinski definition) is 3. The molecule has 0 amide bonds. The predicted octanol–water partition coefficient (Wildman–Crippen LogP) is 4.62. The highest BCUT2D eigenvalue weighted by Gasteiger charge is 2.34. The number of aryl methyl sites for hydroxylation is 2. The highest BCUT2D eigenvalue weighted by atomic mass is 32.2. The molecule has 0 aliphatic carbocycles. The van der Waals surface area contributed by atoms with Crippen LogP contribution in [0.25, 0.3) is 0 Å².